The maximum atomic E-state index is 11.5. The van der Waals surface area contributed by atoms with E-state index < -0.39 is 6.10 Å². The van der Waals surface area contributed by atoms with E-state index in [9.17, 15) is 9.90 Å². The van der Waals surface area contributed by atoms with Gasteiger partial charge in [-0.05, 0) is 56.1 Å². The number of H-pyrrole nitrogens is 2. The summed E-state index contributed by atoms with van der Waals surface area (Å²) in [6.07, 6.45) is 1.43. The molecule has 0 spiro atoms. The number of hydrogen-bond acceptors (Lipinski definition) is 6. The maximum absolute atomic E-state index is 11.5. The number of para-hydroxylation sites is 3. The molecular weight excluding hydrogens is 434 g/mol. The number of aliphatic hydroxyl groups excluding tert-OH is 1. The number of fused-ring (bicyclic) bond motifs is 1. The summed E-state index contributed by atoms with van der Waals surface area (Å²) >= 11 is 0. The van der Waals surface area contributed by atoms with Crippen LogP contribution < -0.4 is 19.9 Å². The third kappa shape index (κ3) is 5.97. The van der Waals surface area contributed by atoms with E-state index in [2.05, 4.69) is 14.9 Å². The molecule has 1 fully saturated rings. The van der Waals surface area contributed by atoms with Crippen molar-refractivity contribution in [3.8, 4) is 17.2 Å². The molecule has 1 atom stereocenters. The SMILES string of the molecule is COc1ccccc1OCC1CCN(CC(O)COc2cccc3[nH]c(=O)[nH]c23)CC1.Cl. The molecule has 32 heavy (non-hydrogen) atoms. The number of aromatic nitrogens is 2. The zero-order valence-electron chi connectivity index (χ0n) is 18.1. The maximum Gasteiger partial charge on any atom is 0.323 e. The van der Waals surface area contributed by atoms with Crippen LogP contribution in [0.25, 0.3) is 11.0 Å². The van der Waals surface area contributed by atoms with Gasteiger partial charge in [-0.1, -0.05) is 18.2 Å². The first-order valence-corrected chi connectivity index (χ1v) is 10.6. The average molecular weight is 464 g/mol. The van der Waals surface area contributed by atoms with Crippen LogP contribution in [-0.2, 0) is 0 Å². The van der Waals surface area contributed by atoms with E-state index in [4.69, 9.17) is 14.2 Å². The van der Waals surface area contributed by atoms with Crippen LogP contribution in [0.2, 0.25) is 0 Å². The fourth-order valence-electron chi connectivity index (χ4n) is 3.97. The molecule has 174 valence electrons. The highest BCUT2D eigenvalue weighted by molar-refractivity contribution is 5.85. The summed E-state index contributed by atoms with van der Waals surface area (Å²) in [6, 6.07) is 13.1. The number of ether oxygens (including phenoxy) is 3. The van der Waals surface area contributed by atoms with E-state index in [1.54, 1.807) is 19.2 Å². The van der Waals surface area contributed by atoms with Gasteiger partial charge in [-0.2, -0.15) is 0 Å². The van der Waals surface area contributed by atoms with Crippen LogP contribution >= 0.6 is 12.4 Å². The second-order valence-electron chi connectivity index (χ2n) is 7.93. The predicted molar refractivity (Wildman–Crippen MR) is 125 cm³/mol. The zero-order chi connectivity index (χ0) is 21.6. The molecule has 3 aromatic rings. The Morgan fingerprint density at radius 2 is 1.75 bits per heavy atom. The Hall–Kier alpha value is -2.68. The number of β-amino-alcohol motifs (C(OH)–C–C–N with tert-alkyl or cyclic N) is 1. The molecule has 0 amide bonds. The molecule has 3 N–H and O–H groups in total. The minimum atomic E-state index is -0.609. The summed E-state index contributed by atoms with van der Waals surface area (Å²) in [7, 11) is 1.65. The second kappa shape index (κ2) is 11.3. The van der Waals surface area contributed by atoms with Crippen LogP contribution in [0.4, 0.5) is 0 Å². The van der Waals surface area contributed by atoms with Gasteiger partial charge in [-0.3, -0.25) is 0 Å². The summed E-state index contributed by atoms with van der Waals surface area (Å²) in [5, 5.41) is 10.4. The van der Waals surface area contributed by atoms with Gasteiger partial charge in [0.25, 0.3) is 0 Å². The summed E-state index contributed by atoms with van der Waals surface area (Å²) in [5.41, 5.74) is 1.04. The number of imidazole rings is 1. The first kappa shape index (κ1) is 24.0. The fourth-order valence-corrected chi connectivity index (χ4v) is 3.97. The first-order chi connectivity index (χ1) is 15.1. The lowest BCUT2D eigenvalue weighted by Gasteiger charge is -2.33. The molecular formula is C23H30ClN3O5. The molecule has 8 nitrogen and oxygen atoms in total. The smallest absolute Gasteiger partial charge is 0.323 e. The first-order valence-electron chi connectivity index (χ1n) is 10.6. The van der Waals surface area contributed by atoms with Crippen molar-refractivity contribution in [1.29, 1.82) is 0 Å². The van der Waals surface area contributed by atoms with Crippen LogP contribution in [-0.4, -0.2) is 66.0 Å². The van der Waals surface area contributed by atoms with Gasteiger partial charge < -0.3 is 34.2 Å². The number of likely N-dealkylation sites (tertiary alicyclic amines) is 1. The Morgan fingerprint density at radius 3 is 2.50 bits per heavy atom. The quantitative estimate of drug-likeness (QED) is 0.451. The molecule has 1 aliphatic heterocycles. The normalized spacial score (nSPS) is 15.8. The molecule has 1 aliphatic rings. The van der Waals surface area contributed by atoms with Crippen LogP contribution in [0.3, 0.4) is 0 Å². The fraction of sp³-hybridized carbons (Fsp3) is 0.435. The third-order valence-corrected chi connectivity index (χ3v) is 5.66. The Morgan fingerprint density at radius 1 is 1.03 bits per heavy atom. The number of rotatable bonds is 9. The molecule has 4 rings (SSSR count). The van der Waals surface area contributed by atoms with E-state index >= 15 is 0 Å². The highest BCUT2D eigenvalue weighted by Gasteiger charge is 2.22. The van der Waals surface area contributed by atoms with Crippen molar-refractivity contribution >= 4 is 23.4 Å². The number of aliphatic hydroxyl groups is 1. The van der Waals surface area contributed by atoms with Gasteiger partial charge >= 0.3 is 5.69 Å². The van der Waals surface area contributed by atoms with Gasteiger partial charge in [-0.25, -0.2) is 4.79 Å². The van der Waals surface area contributed by atoms with Gasteiger partial charge in [0.05, 0.1) is 19.2 Å². The lowest BCUT2D eigenvalue weighted by atomic mass is 9.97. The van der Waals surface area contributed by atoms with E-state index in [0.717, 1.165) is 37.4 Å². The molecule has 0 aliphatic carbocycles. The standard InChI is InChI=1S/C23H29N3O5.ClH/c1-29-19-6-2-3-7-20(19)30-14-16-9-11-26(12-10-16)13-17(27)15-31-21-8-4-5-18-22(21)25-23(28)24-18;/h2-8,16-17,27H,9-15H2,1H3,(H2,24,25,28);1H. The molecule has 0 bridgehead atoms. The van der Waals surface area contributed by atoms with Crippen molar-refractivity contribution in [3.05, 3.63) is 52.9 Å². The number of nitrogens with one attached hydrogen (secondary N) is 2. The molecule has 1 aromatic heterocycles. The number of nitrogens with zero attached hydrogens (tertiary/aromatic N) is 1. The predicted octanol–water partition coefficient (Wildman–Crippen LogP) is 2.82. The van der Waals surface area contributed by atoms with Gasteiger partial charge in [-0.15, -0.1) is 12.4 Å². The van der Waals surface area contributed by atoms with Crippen molar-refractivity contribution in [2.75, 3.05) is 40.0 Å². The third-order valence-electron chi connectivity index (χ3n) is 5.66. The molecule has 1 saturated heterocycles. The van der Waals surface area contributed by atoms with E-state index in [0.29, 0.717) is 35.9 Å². The Labute approximate surface area is 192 Å². The number of methoxy groups -OCH3 is 1. The number of aromatic amines is 2. The van der Waals surface area contributed by atoms with Crippen molar-refractivity contribution in [1.82, 2.24) is 14.9 Å². The van der Waals surface area contributed by atoms with Crippen molar-refractivity contribution in [2.24, 2.45) is 5.92 Å². The summed E-state index contributed by atoms with van der Waals surface area (Å²) in [5.74, 6) is 2.57. The van der Waals surface area contributed by atoms with E-state index in [1.807, 2.05) is 30.3 Å². The second-order valence-corrected chi connectivity index (χ2v) is 7.93. The molecule has 0 saturated carbocycles. The number of hydrogen-bond donors (Lipinski definition) is 3. The van der Waals surface area contributed by atoms with Crippen molar-refractivity contribution in [2.45, 2.75) is 18.9 Å². The van der Waals surface area contributed by atoms with E-state index in [-0.39, 0.29) is 24.7 Å². The Kier molecular flexibility index (Phi) is 8.44. The molecule has 2 heterocycles. The van der Waals surface area contributed by atoms with Crippen LogP contribution in [0.15, 0.2) is 47.3 Å². The number of halogens is 1. The largest absolute Gasteiger partial charge is 0.493 e. The topological polar surface area (TPSA) is 99.8 Å². The summed E-state index contributed by atoms with van der Waals surface area (Å²) < 4.78 is 17.1. The van der Waals surface area contributed by atoms with Gasteiger partial charge in [0.2, 0.25) is 0 Å². The lowest BCUT2D eigenvalue weighted by molar-refractivity contribution is 0.0505. The minimum Gasteiger partial charge on any atom is -0.493 e. The van der Waals surface area contributed by atoms with Crippen LogP contribution in [0.5, 0.6) is 17.2 Å². The number of benzene rings is 2. The van der Waals surface area contributed by atoms with E-state index in [1.165, 1.54) is 0 Å². The average Bonchev–Trinajstić information content (AvgIpc) is 3.18. The zero-order valence-corrected chi connectivity index (χ0v) is 18.9. The minimum absolute atomic E-state index is 0. The summed E-state index contributed by atoms with van der Waals surface area (Å²) in [6.45, 7) is 3.22. The summed E-state index contributed by atoms with van der Waals surface area (Å²) in [4.78, 5) is 19.2. The molecule has 0 radical (unpaired) electrons. The van der Waals surface area contributed by atoms with Gasteiger partial charge in [0.1, 0.15) is 24.0 Å². The highest BCUT2D eigenvalue weighted by atomic mass is 35.5. The molecule has 1 unspecified atom stereocenters. The Balaban J connectivity index is 0.00000289. The van der Waals surface area contributed by atoms with Crippen molar-refractivity contribution in [3.63, 3.8) is 0 Å². The highest BCUT2D eigenvalue weighted by Crippen LogP contribution is 2.27. The van der Waals surface area contributed by atoms with Crippen LogP contribution in [0, 0.1) is 5.92 Å². The van der Waals surface area contributed by atoms with Crippen LogP contribution in [0.1, 0.15) is 12.8 Å². The Bertz CT molecular complexity index is 1050. The lowest BCUT2D eigenvalue weighted by Crippen LogP contribution is -2.41. The van der Waals surface area contributed by atoms with Crippen molar-refractivity contribution < 1.29 is 19.3 Å². The number of piperidine rings is 1. The molecule has 2 aromatic carbocycles. The molecule has 9 heteroatoms. The van der Waals surface area contributed by atoms with Gasteiger partial charge in [0.15, 0.2) is 11.5 Å². The van der Waals surface area contributed by atoms with Gasteiger partial charge in [0, 0.05) is 6.54 Å². The monoisotopic (exact) mass is 463 g/mol.